The molecule has 0 spiro atoms. The van der Waals surface area contributed by atoms with Crippen LogP contribution in [0.2, 0.25) is 5.02 Å². The highest BCUT2D eigenvalue weighted by Gasteiger charge is 2.15. The molecule has 0 aliphatic carbocycles. The Hall–Kier alpha value is -2.58. The monoisotopic (exact) mass is 417 g/mol. The van der Waals surface area contributed by atoms with Gasteiger partial charge < -0.3 is 10.1 Å². The summed E-state index contributed by atoms with van der Waals surface area (Å²) in [6, 6.07) is 9.52. The van der Waals surface area contributed by atoms with E-state index in [9.17, 15) is 4.79 Å². The second-order valence-electron chi connectivity index (χ2n) is 6.30. The van der Waals surface area contributed by atoms with Gasteiger partial charge in [-0.15, -0.1) is 5.10 Å². The van der Waals surface area contributed by atoms with E-state index in [-0.39, 0.29) is 11.7 Å². The molecule has 9 heteroatoms. The Morgan fingerprint density at radius 2 is 2.00 bits per heavy atom. The van der Waals surface area contributed by atoms with Crippen molar-refractivity contribution >= 4 is 35.0 Å². The number of hydrogen-bond donors (Lipinski definition) is 1. The van der Waals surface area contributed by atoms with Crippen LogP contribution in [0.15, 0.2) is 35.5 Å². The fourth-order valence-corrected chi connectivity index (χ4v) is 3.45. The Morgan fingerprint density at radius 1 is 1.21 bits per heavy atom. The van der Waals surface area contributed by atoms with E-state index in [1.54, 1.807) is 16.8 Å². The zero-order valence-corrected chi connectivity index (χ0v) is 17.6. The van der Waals surface area contributed by atoms with E-state index in [1.807, 2.05) is 39.0 Å². The van der Waals surface area contributed by atoms with E-state index in [2.05, 4.69) is 20.8 Å². The molecular formula is C19H20ClN5O2S. The number of methoxy groups -OCH3 is 1. The Balaban J connectivity index is 1.72. The number of thioether (sulfide) groups is 1. The maximum absolute atomic E-state index is 12.4. The zero-order valence-electron chi connectivity index (χ0n) is 16.0. The van der Waals surface area contributed by atoms with Gasteiger partial charge in [0.25, 0.3) is 0 Å². The van der Waals surface area contributed by atoms with Gasteiger partial charge in [0, 0.05) is 11.1 Å². The lowest BCUT2D eigenvalue weighted by molar-refractivity contribution is -0.113. The molecule has 146 valence electrons. The van der Waals surface area contributed by atoms with E-state index in [4.69, 9.17) is 16.3 Å². The summed E-state index contributed by atoms with van der Waals surface area (Å²) in [5, 5.41) is 15.8. The van der Waals surface area contributed by atoms with Gasteiger partial charge in [-0.1, -0.05) is 35.5 Å². The largest absolute Gasteiger partial charge is 0.495 e. The van der Waals surface area contributed by atoms with Gasteiger partial charge in [0.2, 0.25) is 11.1 Å². The normalized spacial score (nSPS) is 10.8. The second-order valence-corrected chi connectivity index (χ2v) is 7.65. The highest BCUT2D eigenvalue weighted by atomic mass is 35.5. The molecular weight excluding hydrogens is 398 g/mol. The van der Waals surface area contributed by atoms with Crippen LogP contribution < -0.4 is 10.1 Å². The van der Waals surface area contributed by atoms with Crippen LogP contribution in [0.5, 0.6) is 5.75 Å². The van der Waals surface area contributed by atoms with Crippen LogP contribution in [-0.4, -0.2) is 39.0 Å². The number of tetrazole rings is 1. The van der Waals surface area contributed by atoms with Crippen molar-refractivity contribution in [2.24, 2.45) is 0 Å². The standard InChI is InChI=1S/C19H20ClN5O2S/c1-11-5-6-12(2)16(7-11)25-19(22-23-24-25)28-10-18(26)21-15-8-13(3)14(20)9-17(15)27-4/h5-9H,10H2,1-4H3,(H,21,26). The molecule has 0 radical (unpaired) electrons. The third-order valence-corrected chi connectivity index (χ3v) is 5.45. The summed E-state index contributed by atoms with van der Waals surface area (Å²) in [4.78, 5) is 12.4. The van der Waals surface area contributed by atoms with E-state index in [0.717, 1.165) is 22.4 Å². The van der Waals surface area contributed by atoms with Crippen molar-refractivity contribution in [2.75, 3.05) is 18.2 Å². The number of anilines is 1. The molecule has 1 N–H and O–H groups in total. The van der Waals surface area contributed by atoms with Gasteiger partial charge >= 0.3 is 0 Å². The summed E-state index contributed by atoms with van der Waals surface area (Å²) in [7, 11) is 1.53. The predicted molar refractivity (Wildman–Crippen MR) is 111 cm³/mol. The smallest absolute Gasteiger partial charge is 0.234 e. The second kappa shape index (κ2) is 8.62. The number of carbonyl (C=O) groups excluding carboxylic acids is 1. The summed E-state index contributed by atoms with van der Waals surface area (Å²) in [6.45, 7) is 5.87. The number of aromatic nitrogens is 4. The Morgan fingerprint density at radius 3 is 2.75 bits per heavy atom. The van der Waals surface area contributed by atoms with Crippen LogP contribution in [0.4, 0.5) is 5.69 Å². The van der Waals surface area contributed by atoms with Crippen molar-refractivity contribution in [1.29, 1.82) is 0 Å². The van der Waals surface area contributed by atoms with Crippen LogP contribution in [0.25, 0.3) is 5.69 Å². The molecule has 0 saturated carbocycles. The van der Waals surface area contributed by atoms with E-state index in [0.29, 0.717) is 21.6 Å². The van der Waals surface area contributed by atoms with Crippen LogP contribution in [0.3, 0.4) is 0 Å². The summed E-state index contributed by atoms with van der Waals surface area (Å²) in [5.41, 5.74) is 4.47. The quantitative estimate of drug-likeness (QED) is 0.611. The molecule has 0 aliphatic heterocycles. The summed E-state index contributed by atoms with van der Waals surface area (Å²) < 4.78 is 6.94. The lowest BCUT2D eigenvalue weighted by atomic mass is 10.1. The molecule has 28 heavy (non-hydrogen) atoms. The van der Waals surface area contributed by atoms with Crippen molar-refractivity contribution < 1.29 is 9.53 Å². The van der Waals surface area contributed by atoms with E-state index < -0.39 is 0 Å². The molecule has 1 heterocycles. The highest BCUT2D eigenvalue weighted by Crippen LogP contribution is 2.31. The number of ether oxygens (including phenoxy) is 1. The lowest BCUT2D eigenvalue weighted by Crippen LogP contribution is -2.15. The first kappa shape index (κ1) is 20.2. The van der Waals surface area contributed by atoms with Crippen molar-refractivity contribution in [3.05, 3.63) is 52.0 Å². The first-order valence-corrected chi connectivity index (χ1v) is 9.88. The number of nitrogens with one attached hydrogen (secondary N) is 1. The number of aryl methyl sites for hydroxylation is 3. The minimum atomic E-state index is -0.194. The van der Waals surface area contributed by atoms with Crippen LogP contribution in [0, 0.1) is 20.8 Å². The topological polar surface area (TPSA) is 81.9 Å². The molecule has 3 rings (SSSR count). The zero-order chi connectivity index (χ0) is 20.3. The maximum Gasteiger partial charge on any atom is 0.234 e. The van der Waals surface area contributed by atoms with Crippen molar-refractivity contribution in [3.63, 3.8) is 0 Å². The number of rotatable bonds is 6. The first-order chi connectivity index (χ1) is 13.4. The number of benzene rings is 2. The van der Waals surface area contributed by atoms with Gasteiger partial charge in [-0.3, -0.25) is 4.79 Å². The Kier molecular flexibility index (Phi) is 6.21. The van der Waals surface area contributed by atoms with Crippen LogP contribution in [0.1, 0.15) is 16.7 Å². The van der Waals surface area contributed by atoms with Gasteiger partial charge in [0.15, 0.2) is 0 Å². The Labute approximate surface area is 172 Å². The molecule has 3 aromatic rings. The van der Waals surface area contributed by atoms with Crippen molar-refractivity contribution in [2.45, 2.75) is 25.9 Å². The molecule has 0 atom stereocenters. The van der Waals surface area contributed by atoms with Gasteiger partial charge in [-0.2, -0.15) is 4.68 Å². The summed E-state index contributed by atoms with van der Waals surface area (Å²) in [6.07, 6.45) is 0. The number of carbonyl (C=O) groups is 1. The first-order valence-electron chi connectivity index (χ1n) is 8.52. The van der Waals surface area contributed by atoms with Gasteiger partial charge in [0.1, 0.15) is 5.75 Å². The average Bonchev–Trinajstić information content (AvgIpc) is 3.13. The molecule has 0 aliphatic rings. The number of hydrogen-bond acceptors (Lipinski definition) is 6. The molecule has 1 aromatic heterocycles. The predicted octanol–water partition coefficient (Wildman–Crippen LogP) is 3.98. The van der Waals surface area contributed by atoms with Crippen LogP contribution >= 0.6 is 23.4 Å². The SMILES string of the molecule is COc1cc(Cl)c(C)cc1NC(=O)CSc1nnnn1-c1cc(C)ccc1C. The fraction of sp³-hybridized carbons (Fsp3) is 0.263. The highest BCUT2D eigenvalue weighted by molar-refractivity contribution is 7.99. The lowest BCUT2D eigenvalue weighted by Gasteiger charge is -2.12. The molecule has 0 saturated heterocycles. The van der Waals surface area contributed by atoms with Crippen molar-refractivity contribution in [1.82, 2.24) is 20.2 Å². The van der Waals surface area contributed by atoms with E-state index >= 15 is 0 Å². The van der Waals surface area contributed by atoms with E-state index in [1.165, 1.54) is 18.9 Å². The number of nitrogens with zero attached hydrogens (tertiary/aromatic N) is 4. The third kappa shape index (κ3) is 4.45. The minimum absolute atomic E-state index is 0.149. The minimum Gasteiger partial charge on any atom is -0.495 e. The van der Waals surface area contributed by atoms with Crippen molar-refractivity contribution in [3.8, 4) is 11.4 Å². The summed E-state index contributed by atoms with van der Waals surface area (Å²) >= 11 is 7.37. The third-order valence-electron chi connectivity index (χ3n) is 4.12. The Bertz CT molecular complexity index is 1020. The molecule has 2 aromatic carbocycles. The van der Waals surface area contributed by atoms with Gasteiger partial charge in [-0.25, -0.2) is 0 Å². The van der Waals surface area contributed by atoms with Gasteiger partial charge in [0.05, 0.1) is 24.2 Å². The molecule has 1 amide bonds. The average molecular weight is 418 g/mol. The molecule has 7 nitrogen and oxygen atoms in total. The van der Waals surface area contributed by atoms with Crippen LogP contribution in [-0.2, 0) is 4.79 Å². The molecule has 0 unspecified atom stereocenters. The molecule has 0 fully saturated rings. The summed E-state index contributed by atoms with van der Waals surface area (Å²) in [5.74, 6) is 0.463. The molecule has 0 bridgehead atoms. The maximum atomic E-state index is 12.4. The number of halogens is 1. The van der Waals surface area contributed by atoms with Gasteiger partial charge in [-0.05, 0) is 60.0 Å². The fourth-order valence-electron chi connectivity index (χ4n) is 2.61. The number of amides is 1.